The Morgan fingerprint density at radius 3 is 2.57 bits per heavy atom. The van der Waals surface area contributed by atoms with Gasteiger partial charge in [0.1, 0.15) is 0 Å². The highest BCUT2D eigenvalue weighted by Gasteiger charge is 2.21. The number of fused-ring (bicyclic) bond motifs is 5. The Morgan fingerprint density at radius 1 is 0.833 bits per heavy atom. The molecule has 0 unspecified atom stereocenters. The quantitative estimate of drug-likeness (QED) is 0.415. The molecule has 6 rings (SSSR count). The molecular weight excluding hydrogens is 412 g/mol. The van der Waals surface area contributed by atoms with Crippen LogP contribution in [0.2, 0.25) is 0 Å². The summed E-state index contributed by atoms with van der Waals surface area (Å²) in [4.78, 5) is 0. The summed E-state index contributed by atoms with van der Waals surface area (Å²) < 4.78 is 1.36. The number of hydrogen-bond donors (Lipinski definition) is 2. The van der Waals surface area contributed by atoms with Crippen molar-refractivity contribution < 1.29 is 10.2 Å². The Kier molecular flexibility index (Phi) is 3.99. The van der Waals surface area contributed by atoms with Gasteiger partial charge in [0.15, 0.2) is 11.5 Å². The van der Waals surface area contributed by atoms with Crippen LogP contribution in [0.15, 0.2) is 53.9 Å². The predicted octanol–water partition coefficient (Wildman–Crippen LogP) is 5.04. The van der Waals surface area contributed by atoms with Crippen LogP contribution in [0, 0.1) is 10.4 Å². The summed E-state index contributed by atoms with van der Waals surface area (Å²) in [5, 5.41) is 28.3. The second kappa shape index (κ2) is 6.63. The number of rotatable bonds is 1. The molecule has 4 aromatic rings. The van der Waals surface area contributed by atoms with Crippen LogP contribution in [0.4, 0.5) is 0 Å². The van der Waals surface area contributed by atoms with Crippen molar-refractivity contribution in [2.24, 2.45) is 0 Å². The van der Waals surface area contributed by atoms with Crippen molar-refractivity contribution in [1.82, 2.24) is 0 Å². The molecule has 2 aliphatic carbocycles. The number of benzene rings is 3. The van der Waals surface area contributed by atoms with Gasteiger partial charge in [-0.2, -0.15) is 0 Å². The van der Waals surface area contributed by atoms with Gasteiger partial charge < -0.3 is 10.2 Å². The molecule has 148 valence electrons. The van der Waals surface area contributed by atoms with E-state index in [0.717, 1.165) is 29.7 Å². The van der Waals surface area contributed by atoms with Crippen LogP contribution in [0.1, 0.15) is 29.5 Å². The second-order valence-corrected chi connectivity index (χ2v) is 9.40. The minimum Gasteiger partial charge on any atom is -0.504 e. The lowest BCUT2D eigenvalue weighted by atomic mass is 9.83. The van der Waals surface area contributed by atoms with E-state index in [2.05, 4.69) is 41.8 Å². The molecule has 3 aromatic carbocycles. The van der Waals surface area contributed by atoms with Gasteiger partial charge in [-0.25, -0.2) is 0 Å². The van der Waals surface area contributed by atoms with E-state index < -0.39 is 0 Å². The summed E-state index contributed by atoms with van der Waals surface area (Å²) in [5.41, 5.74) is 5.39. The van der Waals surface area contributed by atoms with E-state index in [1.54, 1.807) is 6.07 Å². The molecular formula is C26H19ClO2S. The first-order valence-corrected chi connectivity index (χ1v) is 11.4. The minimum atomic E-state index is -0.132. The number of phenolic OH excluding ortho intramolecular Hbond substituents is 2. The van der Waals surface area contributed by atoms with E-state index in [1.807, 2.05) is 17.4 Å². The molecule has 2 aliphatic rings. The largest absolute Gasteiger partial charge is 0.504 e. The van der Waals surface area contributed by atoms with Crippen molar-refractivity contribution in [2.75, 3.05) is 0 Å². The number of aromatic hydroxyl groups is 2. The second-order valence-electron chi connectivity index (χ2n) is 8.03. The molecule has 30 heavy (non-hydrogen) atoms. The zero-order valence-electron chi connectivity index (χ0n) is 16.2. The molecule has 2 nitrogen and oxygen atoms in total. The maximum absolute atomic E-state index is 10.4. The summed E-state index contributed by atoms with van der Waals surface area (Å²) in [7, 11) is 0. The summed E-state index contributed by atoms with van der Waals surface area (Å²) in [6, 6.07) is 16.6. The van der Waals surface area contributed by atoms with Crippen molar-refractivity contribution in [3.8, 4) is 11.5 Å². The third-order valence-electron chi connectivity index (χ3n) is 6.46. The van der Waals surface area contributed by atoms with Gasteiger partial charge in [-0.3, -0.25) is 0 Å². The molecule has 0 spiro atoms. The molecule has 0 atom stereocenters. The van der Waals surface area contributed by atoms with E-state index in [1.165, 1.54) is 37.6 Å². The Hall–Kier alpha value is -2.75. The van der Waals surface area contributed by atoms with Crippen LogP contribution < -0.4 is 10.4 Å². The average molecular weight is 431 g/mol. The molecule has 0 radical (unpaired) electrons. The zero-order valence-corrected chi connectivity index (χ0v) is 17.8. The van der Waals surface area contributed by atoms with Crippen molar-refractivity contribution in [1.29, 1.82) is 0 Å². The topological polar surface area (TPSA) is 40.5 Å². The van der Waals surface area contributed by atoms with Crippen molar-refractivity contribution >= 4 is 43.6 Å². The maximum Gasteiger partial charge on any atom is 0.166 e. The van der Waals surface area contributed by atoms with Gasteiger partial charge in [0.05, 0.1) is 0 Å². The Labute approximate surface area is 182 Å². The molecule has 0 fully saturated rings. The van der Waals surface area contributed by atoms with Crippen molar-refractivity contribution in [3.05, 3.63) is 91.5 Å². The lowest BCUT2D eigenvalue weighted by Gasteiger charge is -2.22. The van der Waals surface area contributed by atoms with Gasteiger partial charge in [0, 0.05) is 21.4 Å². The van der Waals surface area contributed by atoms with Gasteiger partial charge in [-0.15, -0.1) is 11.3 Å². The standard InChI is InChI=1S/C26H19ClO2S/c27-22-13-21-16-5-2-4-15(20-6-1-3-14-11-12-30-26(14)20)17(16)7-8-18(21)19-9-10-23(28)25(29)24(19)22/h1,3,6-12,28-29H,2,4-5,13H2. The van der Waals surface area contributed by atoms with Gasteiger partial charge >= 0.3 is 0 Å². The number of thiophene rings is 1. The Morgan fingerprint density at radius 2 is 1.67 bits per heavy atom. The fourth-order valence-electron chi connectivity index (χ4n) is 5.13. The SMILES string of the molecule is Oc1ccc2c(c1O)=C(Cl)Cc1c3c(ccc1=2)=C(c1cccc2ccsc12)CCC3. The third kappa shape index (κ3) is 2.49. The Balaban J connectivity index is 1.75. The van der Waals surface area contributed by atoms with Crippen LogP contribution in [0.3, 0.4) is 0 Å². The normalized spacial score (nSPS) is 15.1. The molecule has 0 bridgehead atoms. The predicted molar refractivity (Wildman–Crippen MR) is 123 cm³/mol. The first-order chi connectivity index (χ1) is 14.6. The summed E-state index contributed by atoms with van der Waals surface area (Å²) in [5.74, 6) is -0.259. The monoisotopic (exact) mass is 430 g/mol. The lowest BCUT2D eigenvalue weighted by Crippen LogP contribution is -2.24. The highest BCUT2D eigenvalue weighted by atomic mass is 35.5. The van der Waals surface area contributed by atoms with E-state index in [0.29, 0.717) is 16.7 Å². The van der Waals surface area contributed by atoms with Crippen molar-refractivity contribution in [2.45, 2.75) is 25.7 Å². The lowest BCUT2D eigenvalue weighted by molar-refractivity contribution is 0.400. The number of phenols is 2. The zero-order chi connectivity index (χ0) is 20.4. The molecule has 1 aromatic heterocycles. The van der Waals surface area contributed by atoms with E-state index >= 15 is 0 Å². The fraction of sp³-hybridized carbons (Fsp3) is 0.154. The maximum atomic E-state index is 10.4. The number of halogens is 1. The molecule has 0 aliphatic heterocycles. The van der Waals surface area contributed by atoms with Gasteiger partial charge in [0.25, 0.3) is 0 Å². The molecule has 4 heteroatoms. The molecule has 0 amide bonds. The fourth-order valence-corrected chi connectivity index (χ4v) is 6.39. The molecule has 0 saturated heterocycles. The average Bonchev–Trinajstić information content (AvgIpc) is 3.24. The summed E-state index contributed by atoms with van der Waals surface area (Å²) >= 11 is 8.46. The van der Waals surface area contributed by atoms with Gasteiger partial charge in [-0.05, 0) is 86.1 Å². The van der Waals surface area contributed by atoms with Gasteiger partial charge in [0.2, 0.25) is 0 Å². The van der Waals surface area contributed by atoms with Gasteiger partial charge in [-0.1, -0.05) is 41.9 Å². The highest BCUT2D eigenvalue weighted by molar-refractivity contribution is 7.17. The first-order valence-electron chi connectivity index (χ1n) is 10.2. The molecule has 0 saturated carbocycles. The van der Waals surface area contributed by atoms with E-state index in [-0.39, 0.29) is 11.5 Å². The Bertz CT molecular complexity index is 1580. The third-order valence-corrected chi connectivity index (χ3v) is 7.75. The van der Waals surface area contributed by atoms with Crippen LogP contribution in [0.25, 0.3) is 20.7 Å². The molecule has 1 heterocycles. The number of hydrogen-bond acceptors (Lipinski definition) is 3. The van der Waals surface area contributed by atoms with Crippen LogP contribution in [-0.4, -0.2) is 10.2 Å². The highest BCUT2D eigenvalue weighted by Crippen LogP contribution is 2.34. The first kappa shape index (κ1) is 18.1. The van der Waals surface area contributed by atoms with Crippen LogP contribution >= 0.6 is 22.9 Å². The van der Waals surface area contributed by atoms with E-state index in [4.69, 9.17) is 11.6 Å². The van der Waals surface area contributed by atoms with E-state index in [9.17, 15) is 10.2 Å². The molecule has 2 N–H and O–H groups in total. The summed E-state index contributed by atoms with van der Waals surface area (Å²) in [6.07, 6.45) is 3.81. The summed E-state index contributed by atoms with van der Waals surface area (Å²) in [6.45, 7) is 0. The minimum absolute atomic E-state index is 0.127. The smallest absolute Gasteiger partial charge is 0.166 e. The van der Waals surface area contributed by atoms with Crippen LogP contribution in [-0.2, 0) is 12.8 Å². The van der Waals surface area contributed by atoms with Crippen LogP contribution in [0.5, 0.6) is 11.5 Å². The van der Waals surface area contributed by atoms with Crippen molar-refractivity contribution in [3.63, 3.8) is 0 Å².